The van der Waals surface area contributed by atoms with E-state index in [1.807, 2.05) is 0 Å². The number of hydrogen-bond donors (Lipinski definition) is 2. The largest absolute Gasteiger partial charge is 0.545 e. The number of hydrogen-bond acceptors (Lipinski definition) is 4. The van der Waals surface area contributed by atoms with Gasteiger partial charge in [-0.1, -0.05) is 30.3 Å². The molecule has 0 aromatic heterocycles. The zero-order chi connectivity index (χ0) is 20.1. The number of carboxylic acids is 1. The first-order valence-corrected chi connectivity index (χ1v) is 8.23. The highest BCUT2D eigenvalue weighted by atomic mass is 19.1. The molecule has 2 amide bonds. The van der Waals surface area contributed by atoms with Gasteiger partial charge < -0.3 is 20.5 Å². The molecule has 0 aliphatic rings. The number of rotatable bonds is 5. The molecule has 0 heterocycles. The number of carbonyl (C=O) groups is 3. The maximum atomic E-state index is 13.3. The van der Waals surface area contributed by atoms with Crippen LogP contribution in [0.1, 0.15) is 31.1 Å². The second-order valence-corrected chi connectivity index (χ2v) is 5.83. The summed E-state index contributed by atoms with van der Waals surface area (Å²) in [6.45, 7) is 0. The van der Waals surface area contributed by atoms with Crippen molar-refractivity contribution < 1.29 is 23.9 Å². The third-order valence-electron chi connectivity index (χ3n) is 3.89. The Labute approximate surface area is 159 Å². The number of carbonyl (C=O) groups excluding carboxylic acids is 3. The molecule has 28 heavy (non-hydrogen) atoms. The Hall–Kier alpha value is -4.00. The Morgan fingerprint density at radius 2 is 1.46 bits per heavy atom. The molecule has 6 nitrogen and oxygen atoms in total. The SMILES string of the molecule is O=C([O-])c1ccc(NC(=O)c2ccccc2NC(=O)c2cccc(F)c2)cc1. The van der Waals surface area contributed by atoms with Gasteiger partial charge in [-0.15, -0.1) is 0 Å². The Morgan fingerprint density at radius 1 is 0.750 bits per heavy atom. The van der Waals surface area contributed by atoms with Gasteiger partial charge in [-0.3, -0.25) is 9.59 Å². The number of para-hydroxylation sites is 1. The summed E-state index contributed by atoms with van der Waals surface area (Å²) in [5.41, 5.74) is 0.923. The van der Waals surface area contributed by atoms with Gasteiger partial charge >= 0.3 is 0 Å². The summed E-state index contributed by atoms with van der Waals surface area (Å²) in [5.74, 6) is -2.92. The Morgan fingerprint density at radius 3 is 2.14 bits per heavy atom. The quantitative estimate of drug-likeness (QED) is 0.714. The lowest BCUT2D eigenvalue weighted by Gasteiger charge is -2.12. The number of carboxylic acid groups (broad SMARTS) is 1. The zero-order valence-electron chi connectivity index (χ0n) is 14.4. The summed E-state index contributed by atoms with van der Waals surface area (Å²) in [7, 11) is 0. The minimum Gasteiger partial charge on any atom is -0.545 e. The van der Waals surface area contributed by atoms with Gasteiger partial charge in [0, 0.05) is 11.3 Å². The van der Waals surface area contributed by atoms with Crippen molar-refractivity contribution in [2.45, 2.75) is 0 Å². The summed E-state index contributed by atoms with van der Waals surface area (Å²) >= 11 is 0. The van der Waals surface area contributed by atoms with Crippen LogP contribution in [0, 0.1) is 5.82 Å². The minimum atomic E-state index is -1.32. The minimum absolute atomic E-state index is 0.0132. The molecule has 2 N–H and O–H groups in total. The number of anilines is 2. The van der Waals surface area contributed by atoms with E-state index in [4.69, 9.17) is 0 Å². The molecular formula is C21H14FN2O4-. The molecular weight excluding hydrogens is 363 g/mol. The highest BCUT2D eigenvalue weighted by molar-refractivity contribution is 6.12. The predicted molar refractivity (Wildman–Crippen MR) is 99.5 cm³/mol. The standard InChI is InChI=1S/C21H15FN2O4/c22-15-5-3-4-14(12-15)19(25)24-18-7-2-1-6-17(18)20(26)23-16-10-8-13(9-11-16)21(27)28/h1-12H,(H,23,26)(H,24,25)(H,27,28)/p-1. The van der Waals surface area contributed by atoms with Crippen LogP contribution in [0.4, 0.5) is 15.8 Å². The average Bonchev–Trinajstić information content (AvgIpc) is 2.68. The molecule has 0 bridgehead atoms. The molecule has 0 radical (unpaired) electrons. The third-order valence-corrected chi connectivity index (χ3v) is 3.89. The molecule has 0 atom stereocenters. The molecule has 3 aromatic rings. The monoisotopic (exact) mass is 377 g/mol. The Balaban J connectivity index is 1.78. The van der Waals surface area contributed by atoms with Crippen molar-refractivity contribution in [3.05, 3.63) is 95.3 Å². The van der Waals surface area contributed by atoms with E-state index in [0.717, 1.165) is 6.07 Å². The first-order valence-electron chi connectivity index (χ1n) is 8.23. The van der Waals surface area contributed by atoms with E-state index in [1.54, 1.807) is 18.2 Å². The molecule has 3 aromatic carbocycles. The van der Waals surface area contributed by atoms with Crippen LogP contribution in [0.3, 0.4) is 0 Å². The second kappa shape index (κ2) is 8.13. The molecule has 3 rings (SSSR count). The topological polar surface area (TPSA) is 98.3 Å². The van der Waals surface area contributed by atoms with Crippen molar-refractivity contribution in [1.29, 1.82) is 0 Å². The second-order valence-electron chi connectivity index (χ2n) is 5.83. The molecule has 0 fully saturated rings. The number of aromatic carboxylic acids is 1. The molecule has 0 aliphatic heterocycles. The fourth-order valence-electron chi connectivity index (χ4n) is 2.50. The maximum Gasteiger partial charge on any atom is 0.257 e. The third kappa shape index (κ3) is 4.39. The van der Waals surface area contributed by atoms with E-state index < -0.39 is 23.6 Å². The van der Waals surface area contributed by atoms with Crippen LogP contribution >= 0.6 is 0 Å². The molecule has 0 saturated carbocycles. The van der Waals surface area contributed by atoms with Crippen molar-refractivity contribution in [2.24, 2.45) is 0 Å². The Kier molecular flexibility index (Phi) is 5.45. The lowest BCUT2D eigenvalue weighted by Crippen LogP contribution is -2.22. The molecule has 140 valence electrons. The van der Waals surface area contributed by atoms with E-state index in [0.29, 0.717) is 5.69 Å². The highest BCUT2D eigenvalue weighted by Gasteiger charge is 2.14. The molecule has 0 aliphatic carbocycles. The van der Waals surface area contributed by atoms with Gasteiger partial charge in [-0.05, 0) is 48.0 Å². The summed E-state index contributed by atoms with van der Waals surface area (Å²) in [6, 6.07) is 17.0. The molecule has 0 spiro atoms. The first-order chi connectivity index (χ1) is 13.4. The van der Waals surface area contributed by atoms with Crippen molar-refractivity contribution in [1.82, 2.24) is 0 Å². The normalized spacial score (nSPS) is 10.2. The van der Waals surface area contributed by atoms with Gasteiger partial charge in [-0.25, -0.2) is 4.39 Å². The van der Waals surface area contributed by atoms with Crippen LogP contribution in [0.25, 0.3) is 0 Å². The van der Waals surface area contributed by atoms with Crippen molar-refractivity contribution in [3.63, 3.8) is 0 Å². The number of amides is 2. The summed E-state index contributed by atoms with van der Waals surface area (Å²) in [5, 5.41) is 16.0. The van der Waals surface area contributed by atoms with Crippen LogP contribution in [-0.2, 0) is 0 Å². The van der Waals surface area contributed by atoms with Gasteiger partial charge in [0.1, 0.15) is 5.82 Å². The van der Waals surface area contributed by atoms with Crippen LogP contribution in [-0.4, -0.2) is 17.8 Å². The van der Waals surface area contributed by atoms with Crippen molar-refractivity contribution >= 4 is 29.2 Å². The lowest BCUT2D eigenvalue weighted by molar-refractivity contribution is -0.255. The fourth-order valence-corrected chi connectivity index (χ4v) is 2.50. The maximum absolute atomic E-state index is 13.3. The van der Waals surface area contributed by atoms with Crippen LogP contribution in [0.2, 0.25) is 0 Å². The number of halogens is 1. The van der Waals surface area contributed by atoms with Crippen LogP contribution < -0.4 is 15.7 Å². The van der Waals surface area contributed by atoms with Crippen LogP contribution in [0.5, 0.6) is 0 Å². The Bertz CT molecular complexity index is 1050. The van der Waals surface area contributed by atoms with Gasteiger partial charge in [0.25, 0.3) is 11.8 Å². The van der Waals surface area contributed by atoms with Crippen molar-refractivity contribution in [2.75, 3.05) is 10.6 Å². The molecule has 0 saturated heterocycles. The van der Waals surface area contributed by atoms with E-state index in [1.165, 1.54) is 48.5 Å². The van der Waals surface area contributed by atoms with Gasteiger partial charge in [0.05, 0.1) is 17.2 Å². The van der Waals surface area contributed by atoms with Gasteiger partial charge in [0.15, 0.2) is 0 Å². The summed E-state index contributed by atoms with van der Waals surface area (Å²) in [6.07, 6.45) is 0. The molecule has 0 unspecified atom stereocenters. The van der Waals surface area contributed by atoms with Crippen molar-refractivity contribution in [3.8, 4) is 0 Å². The number of benzene rings is 3. The first kappa shape index (κ1) is 18.8. The fraction of sp³-hybridized carbons (Fsp3) is 0. The molecule has 7 heteroatoms. The number of nitrogens with one attached hydrogen (secondary N) is 2. The summed E-state index contributed by atoms with van der Waals surface area (Å²) < 4.78 is 13.3. The highest BCUT2D eigenvalue weighted by Crippen LogP contribution is 2.19. The smallest absolute Gasteiger partial charge is 0.257 e. The van der Waals surface area contributed by atoms with E-state index in [2.05, 4.69) is 10.6 Å². The van der Waals surface area contributed by atoms with E-state index in [9.17, 15) is 23.9 Å². The van der Waals surface area contributed by atoms with E-state index in [-0.39, 0.29) is 22.4 Å². The zero-order valence-corrected chi connectivity index (χ0v) is 14.4. The predicted octanol–water partition coefficient (Wildman–Crippen LogP) is 2.69. The average molecular weight is 377 g/mol. The lowest BCUT2D eigenvalue weighted by atomic mass is 10.1. The van der Waals surface area contributed by atoms with Gasteiger partial charge in [0.2, 0.25) is 0 Å². The van der Waals surface area contributed by atoms with E-state index >= 15 is 0 Å². The summed E-state index contributed by atoms with van der Waals surface area (Å²) in [4.78, 5) is 35.7. The van der Waals surface area contributed by atoms with Gasteiger partial charge in [-0.2, -0.15) is 0 Å². The van der Waals surface area contributed by atoms with Crippen LogP contribution in [0.15, 0.2) is 72.8 Å².